The molecular weight excluding hydrogens is 260 g/mol. The summed E-state index contributed by atoms with van der Waals surface area (Å²) in [6, 6.07) is 6.33. The minimum Gasteiger partial charge on any atom is -0.478 e. The van der Waals surface area contributed by atoms with Gasteiger partial charge in [-0.1, -0.05) is 5.16 Å². The van der Waals surface area contributed by atoms with E-state index in [0.29, 0.717) is 23.2 Å². The van der Waals surface area contributed by atoms with Crippen molar-refractivity contribution in [2.75, 3.05) is 7.11 Å². The molecule has 1 N–H and O–H groups in total. The number of methoxy groups -OCH3 is 1. The first-order valence-corrected chi connectivity index (χ1v) is 6.39. The highest BCUT2D eigenvalue weighted by atomic mass is 16.5. The lowest BCUT2D eigenvalue weighted by molar-refractivity contribution is 0.0697. The zero-order chi connectivity index (χ0) is 14.1. The van der Waals surface area contributed by atoms with Crippen molar-refractivity contribution in [2.45, 2.75) is 18.9 Å². The van der Waals surface area contributed by atoms with Crippen molar-refractivity contribution in [1.29, 1.82) is 0 Å². The van der Waals surface area contributed by atoms with Crippen LogP contribution in [0.5, 0.6) is 0 Å². The molecule has 0 bridgehead atoms. The van der Waals surface area contributed by atoms with Crippen LogP contribution in [-0.4, -0.2) is 28.3 Å². The zero-order valence-corrected chi connectivity index (χ0v) is 10.9. The molecule has 6 heteroatoms. The minimum absolute atomic E-state index is 0.120. The van der Waals surface area contributed by atoms with Crippen LogP contribution in [0, 0.1) is 5.92 Å². The number of hydrogen-bond donors (Lipinski definition) is 1. The zero-order valence-electron chi connectivity index (χ0n) is 10.9. The second-order valence-electron chi connectivity index (χ2n) is 4.83. The molecule has 0 radical (unpaired) electrons. The summed E-state index contributed by atoms with van der Waals surface area (Å²) < 4.78 is 10.6. The van der Waals surface area contributed by atoms with E-state index in [1.165, 1.54) is 12.1 Å². The van der Waals surface area contributed by atoms with Crippen LogP contribution in [0.3, 0.4) is 0 Å². The second-order valence-corrected chi connectivity index (χ2v) is 4.83. The molecular formula is C14H14N2O4. The first-order chi connectivity index (χ1) is 9.69. The van der Waals surface area contributed by atoms with E-state index in [1.54, 1.807) is 19.2 Å². The Bertz CT molecular complexity index is 616. The summed E-state index contributed by atoms with van der Waals surface area (Å²) in [5, 5.41) is 12.8. The summed E-state index contributed by atoms with van der Waals surface area (Å²) in [5.74, 6) is 0.433. The molecule has 0 amide bonds. The molecule has 6 nitrogen and oxygen atoms in total. The van der Waals surface area contributed by atoms with Crippen molar-refractivity contribution in [2.24, 2.45) is 5.92 Å². The Morgan fingerprint density at radius 3 is 2.65 bits per heavy atom. The Morgan fingerprint density at radius 1 is 1.40 bits per heavy atom. The lowest BCUT2D eigenvalue weighted by atomic mass is 10.1. The molecule has 0 spiro atoms. The van der Waals surface area contributed by atoms with Gasteiger partial charge in [0.15, 0.2) is 0 Å². The monoisotopic (exact) mass is 274 g/mol. The third kappa shape index (κ3) is 2.42. The van der Waals surface area contributed by atoms with Gasteiger partial charge in [-0.2, -0.15) is 4.98 Å². The van der Waals surface area contributed by atoms with Crippen LogP contribution in [0.2, 0.25) is 0 Å². The van der Waals surface area contributed by atoms with Crippen LogP contribution in [-0.2, 0) is 4.74 Å². The number of rotatable bonds is 5. The highest BCUT2D eigenvalue weighted by Crippen LogP contribution is 2.42. The van der Waals surface area contributed by atoms with Crippen LogP contribution in [0.15, 0.2) is 28.8 Å². The molecule has 1 fully saturated rings. The smallest absolute Gasteiger partial charge is 0.335 e. The molecule has 2 aromatic rings. The Hall–Kier alpha value is -2.21. The fourth-order valence-corrected chi connectivity index (χ4v) is 2.13. The van der Waals surface area contributed by atoms with Gasteiger partial charge in [0.05, 0.1) is 5.56 Å². The standard InChI is InChI=1S/C14H14N2O4/c1-19-11(8-2-3-8)12-15-13(20-16-12)9-4-6-10(7-5-9)14(17)18/h4-8,11H,2-3H2,1H3,(H,17,18). The van der Waals surface area contributed by atoms with Gasteiger partial charge in [-0.25, -0.2) is 4.79 Å². The molecule has 0 aliphatic heterocycles. The van der Waals surface area contributed by atoms with Gasteiger partial charge >= 0.3 is 5.97 Å². The Kier molecular flexibility index (Phi) is 3.23. The first kappa shape index (κ1) is 12.8. The SMILES string of the molecule is COC(c1noc(-c2ccc(C(=O)O)cc2)n1)C1CC1. The molecule has 20 heavy (non-hydrogen) atoms. The number of carboxylic acid groups (broad SMARTS) is 1. The molecule has 1 aromatic carbocycles. The fourth-order valence-electron chi connectivity index (χ4n) is 2.13. The van der Waals surface area contributed by atoms with Gasteiger partial charge in [-0.3, -0.25) is 0 Å². The van der Waals surface area contributed by atoms with Gasteiger partial charge in [-0.15, -0.1) is 0 Å². The van der Waals surface area contributed by atoms with E-state index >= 15 is 0 Å². The topological polar surface area (TPSA) is 85.5 Å². The molecule has 1 atom stereocenters. The van der Waals surface area contributed by atoms with Crippen LogP contribution >= 0.6 is 0 Å². The molecule has 1 heterocycles. The number of nitrogens with zero attached hydrogens (tertiary/aromatic N) is 2. The van der Waals surface area contributed by atoms with Crippen molar-refractivity contribution in [1.82, 2.24) is 10.1 Å². The molecule has 104 valence electrons. The van der Waals surface area contributed by atoms with Crippen molar-refractivity contribution in [3.63, 3.8) is 0 Å². The van der Waals surface area contributed by atoms with Crippen molar-refractivity contribution in [3.05, 3.63) is 35.7 Å². The number of hydrogen-bond acceptors (Lipinski definition) is 5. The van der Waals surface area contributed by atoms with Gasteiger partial charge in [0.1, 0.15) is 6.10 Å². The number of aromatic nitrogens is 2. The summed E-state index contributed by atoms with van der Waals surface area (Å²) >= 11 is 0. The number of carbonyl (C=O) groups is 1. The lowest BCUT2D eigenvalue weighted by Crippen LogP contribution is -2.05. The van der Waals surface area contributed by atoms with Crippen molar-refractivity contribution in [3.8, 4) is 11.5 Å². The van der Waals surface area contributed by atoms with Gasteiger partial charge in [0, 0.05) is 12.7 Å². The summed E-state index contributed by atoms with van der Waals surface area (Å²) in [5.41, 5.74) is 0.917. The maximum Gasteiger partial charge on any atom is 0.335 e. The number of benzene rings is 1. The molecule has 1 aliphatic carbocycles. The van der Waals surface area contributed by atoms with E-state index in [1.807, 2.05) is 0 Å². The van der Waals surface area contributed by atoms with E-state index < -0.39 is 5.97 Å². The number of carboxylic acids is 1. The maximum absolute atomic E-state index is 10.8. The maximum atomic E-state index is 10.8. The molecule has 3 rings (SSSR count). The highest BCUT2D eigenvalue weighted by Gasteiger charge is 2.35. The Morgan fingerprint density at radius 2 is 2.10 bits per heavy atom. The van der Waals surface area contributed by atoms with Gasteiger partial charge in [-0.05, 0) is 43.0 Å². The van der Waals surface area contributed by atoms with Crippen molar-refractivity contribution >= 4 is 5.97 Å². The normalized spacial score (nSPS) is 16.1. The average Bonchev–Trinajstić information content (AvgIpc) is 3.17. The predicted molar refractivity (Wildman–Crippen MR) is 69.2 cm³/mol. The molecule has 1 aromatic heterocycles. The number of aromatic carboxylic acids is 1. The fraction of sp³-hybridized carbons (Fsp3) is 0.357. The summed E-state index contributed by atoms with van der Waals surface area (Å²) in [4.78, 5) is 15.1. The highest BCUT2D eigenvalue weighted by molar-refractivity contribution is 5.88. The average molecular weight is 274 g/mol. The van der Waals surface area contributed by atoms with Gasteiger partial charge in [0.25, 0.3) is 5.89 Å². The van der Waals surface area contributed by atoms with E-state index in [2.05, 4.69) is 10.1 Å². The van der Waals surface area contributed by atoms with Crippen molar-refractivity contribution < 1.29 is 19.2 Å². The van der Waals surface area contributed by atoms with Gasteiger partial charge < -0.3 is 14.4 Å². The summed E-state index contributed by atoms with van der Waals surface area (Å²) in [7, 11) is 1.64. The second kappa shape index (κ2) is 5.05. The molecule has 1 saturated carbocycles. The van der Waals surface area contributed by atoms with E-state index in [9.17, 15) is 4.79 Å². The number of ether oxygens (including phenoxy) is 1. The third-order valence-corrected chi connectivity index (χ3v) is 3.38. The van der Waals surface area contributed by atoms with E-state index in [0.717, 1.165) is 12.8 Å². The lowest BCUT2D eigenvalue weighted by Gasteiger charge is -2.08. The van der Waals surface area contributed by atoms with E-state index in [-0.39, 0.29) is 11.7 Å². The minimum atomic E-state index is -0.962. The quantitative estimate of drug-likeness (QED) is 0.901. The summed E-state index contributed by atoms with van der Waals surface area (Å²) in [6.45, 7) is 0. The first-order valence-electron chi connectivity index (χ1n) is 6.39. The van der Waals surface area contributed by atoms with Crippen LogP contribution in [0.25, 0.3) is 11.5 Å². The van der Waals surface area contributed by atoms with Crippen LogP contribution < -0.4 is 0 Å². The van der Waals surface area contributed by atoms with Gasteiger partial charge in [0.2, 0.25) is 5.82 Å². The Balaban J connectivity index is 1.83. The molecule has 1 unspecified atom stereocenters. The van der Waals surface area contributed by atoms with Crippen LogP contribution in [0.4, 0.5) is 0 Å². The molecule has 1 aliphatic rings. The van der Waals surface area contributed by atoms with Crippen LogP contribution in [0.1, 0.15) is 35.1 Å². The third-order valence-electron chi connectivity index (χ3n) is 3.38. The largest absolute Gasteiger partial charge is 0.478 e. The predicted octanol–water partition coefficient (Wildman–Crippen LogP) is 2.53. The molecule has 0 saturated heterocycles. The Labute approximate surface area is 115 Å². The summed E-state index contributed by atoms with van der Waals surface area (Å²) in [6.07, 6.45) is 2.12. The van der Waals surface area contributed by atoms with E-state index in [4.69, 9.17) is 14.4 Å².